The van der Waals surface area contributed by atoms with Gasteiger partial charge in [-0.2, -0.15) is 0 Å². The van der Waals surface area contributed by atoms with Crippen LogP contribution in [-0.2, 0) is 23.0 Å². The van der Waals surface area contributed by atoms with E-state index in [1.165, 1.54) is 7.11 Å². The largest absolute Gasteiger partial charge is 0.467 e. The third-order valence-electron chi connectivity index (χ3n) is 6.68. The third kappa shape index (κ3) is 4.99. The van der Waals surface area contributed by atoms with Gasteiger partial charge in [0, 0.05) is 30.6 Å². The predicted octanol–water partition coefficient (Wildman–Crippen LogP) is 5.57. The molecule has 1 N–H and O–H groups in total. The van der Waals surface area contributed by atoms with Crippen molar-refractivity contribution >= 4 is 56.9 Å². The maximum atomic E-state index is 13.3. The Morgan fingerprint density at radius 3 is 2.46 bits per heavy atom. The van der Waals surface area contributed by atoms with Crippen LogP contribution in [-0.4, -0.2) is 34.6 Å². The van der Waals surface area contributed by atoms with Gasteiger partial charge in [-0.05, 0) is 46.8 Å². The van der Waals surface area contributed by atoms with E-state index in [0.717, 1.165) is 21.9 Å². The first-order valence-electron chi connectivity index (χ1n) is 12.1. The molecule has 0 aliphatic carbocycles. The summed E-state index contributed by atoms with van der Waals surface area (Å²) >= 11 is 12.4. The molecule has 7 nitrogen and oxygen atoms in total. The van der Waals surface area contributed by atoms with Crippen molar-refractivity contribution in [1.82, 2.24) is 14.9 Å². The number of hydrogen-bond acceptors (Lipinski definition) is 5. The van der Waals surface area contributed by atoms with Crippen molar-refractivity contribution in [2.75, 3.05) is 7.11 Å². The molecule has 196 valence electrons. The van der Waals surface area contributed by atoms with E-state index >= 15 is 0 Å². The fraction of sp³-hybridized carbons (Fsp3) is 0.133. The van der Waals surface area contributed by atoms with Crippen LogP contribution in [0.4, 0.5) is 0 Å². The number of hydrogen-bond donors (Lipinski definition) is 1. The number of carbonyl (C=O) groups is 2. The Balaban J connectivity index is 1.57. The highest BCUT2D eigenvalue weighted by atomic mass is 35.5. The van der Waals surface area contributed by atoms with Crippen LogP contribution in [0.3, 0.4) is 0 Å². The number of carbonyl (C=O) groups excluding carboxylic acids is 2. The number of pyridine rings is 2. The zero-order chi connectivity index (χ0) is 27.7. The Kier molecular flexibility index (Phi) is 7.37. The maximum absolute atomic E-state index is 13.3. The average molecular weight is 560 g/mol. The number of aromatic nitrogens is 2. The highest BCUT2D eigenvalue weighted by Gasteiger charge is 2.26. The highest BCUT2D eigenvalue weighted by Crippen LogP contribution is 2.31. The lowest BCUT2D eigenvalue weighted by molar-refractivity contribution is -0.142. The van der Waals surface area contributed by atoms with Crippen LogP contribution in [0.25, 0.3) is 32.9 Å². The van der Waals surface area contributed by atoms with Crippen LogP contribution in [0, 0.1) is 0 Å². The number of rotatable bonds is 6. The fourth-order valence-corrected chi connectivity index (χ4v) is 5.32. The smallest absolute Gasteiger partial charge is 0.328 e. The Morgan fingerprint density at radius 2 is 1.72 bits per heavy atom. The number of nitrogens with one attached hydrogen (secondary N) is 1. The molecule has 39 heavy (non-hydrogen) atoms. The molecule has 2 aromatic heterocycles. The molecule has 9 heteroatoms. The van der Waals surface area contributed by atoms with E-state index in [-0.39, 0.29) is 27.6 Å². The van der Waals surface area contributed by atoms with E-state index in [2.05, 4.69) is 10.3 Å². The minimum atomic E-state index is -1.04. The van der Waals surface area contributed by atoms with Crippen molar-refractivity contribution < 1.29 is 14.3 Å². The maximum Gasteiger partial charge on any atom is 0.328 e. The van der Waals surface area contributed by atoms with E-state index in [4.69, 9.17) is 27.9 Å². The summed E-state index contributed by atoms with van der Waals surface area (Å²) in [5.74, 6) is -1.24. The van der Waals surface area contributed by atoms with Gasteiger partial charge in [-0.25, -0.2) is 4.79 Å². The SMILES string of the molecule is COC(=O)[C@H](Cc1ccc(-c2cc3ccccc3n(C)c2=O)c2cccnc12)NC(=O)c1c(Cl)cccc1Cl. The summed E-state index contributed by atoms with van der Waals surface area (Å²) in [6.45, 7) is 0. The second-order valence-electron chi connectivity index (χ2n) is 9.00. The summed E-state index contributed by atoms with van der Waals surface area (Å²) in [6, 6.07) is 20.6. The molecule has 3 aromatic carbocycles. The third-order valence-corrected chi connectivity index (χ3v) is 7.31. The lowest BCUT2D eigenvalue weighted by Gasteiger charge is -2.19. The molecule has 0 bridgehead atoms. The number of para-hydroxylation sites is 1. The zero-order valence-electron chi connectivity index (χ0n) is 21.1. The van der Waals surface area contributed by atoms with Gasteiger partial charge in [0.25, 0.3) is 11.5 Å². The van der Waals surface area contributed by atoms with Crippen LogP contribution in [0.15, 0.2) is 83.8 Å². The van der Waals surface area contributed by atoms with Crippen molar-refractivity contribution in [2.24, 2.45) is 7.05 Å². The van der Waals surface area contributed by atoms with Crippen molar-refractivity contribution in [3.63, 3.8) is 0 Å². The summed E-state index contributed by atoms with van der Waals surface area (Å²) in [6.07, 6.45) is 1.73. The lowest BCUT2D eigenvalue weighted by Crippen LogP contribution is -2.43. The normalized spacial score (nSPS) is 11.9. The van der Waals surface area contributed by atoms with Gasteiger partial charge in [0.1, 0.15) is 6.04 Å². The molecule has 0 saturated heterocycles. The van der Waals surface area contributed by atoms with Gasteiger partial charge in [-0.3, -0.25) is 14.6 Å². The molecule has 2 heterocycles. The minimum Gasteiger partial charge on any atom is -0.467 e. The molecule has 0 saturated carbocycles. The Labute approximate surface area is 234 Å². The number of fused-ring (bicyclic) bond motifs is 2. The molecule has 0 aliphatic heterocycles. The molecule has 1 amide bonds. The first-order chi connectivity index (χ1) is 18.8. The number of aryl methyl sites for hydroxylation is 1. The van der Waals surface area contributed by atoms with Crippen LogP contribution in [0.5, 0.6) is 0 Å². The summed E-state index contributed by atoms with van der Waals surface area (Å²) in [5.41, 5.74) is 3.31. The average Bonchev–Trinajstić information content (AvgIpc) is 2.94. The fourth-order valence-electron chi connectivity index (χ4n) is 4.75. The van der Waals surface area contributed by atoms with E-state index in [1.807, 2.05) is 48.5 Å². The zero-order valence-corrected chi connectivity index (χ0v) is 22.6. The van der Waals surface area contributed by atoms with Gasteiger partial charge < -0.3 is 14.6 Å². The van der Waals surface area contributed by atoms with E-state index < -0.39 is 17.9 Å². The summed E-state index contributed by atoms with van der Waals surface area (Å²) in [4.78, 5) is 43.7. The van der Waals surface area contributed by atoms with Crippen LogP contribution in [0.2, 0.25) is 10.0 Å². The molecule has 0 aliphatic rings. The molecule has 0 fully saturated rings. The van der Waals surface area contributed by atoms with Crippen LogP contribution in [0.1, 0.15) is 15.9 Å². The van der Waals surface area contributed by atoms with Crippen LogP contribution < -0.4 is 10.9 Å². The standard InChI is InChI=1S/C30H23Cl2N3O4/c1-35-25-11-4-3-7-17(25)15-21(29(35)37)19-13-12-18(27-20(19)8-6-14-33-27)16-24(30(38)39-2)34-28(36)26-22(31)9-5-10-23(26)32/h3-15,24H,16H2,1-2H3,(H,34,36)/t24-/m0/s1. The molecule has 1 atom stereocenters. The number of amides is 1. The molecular formula is C30H23Cl2N3O4. The molecular weight excluding hydrogens is 537 g/mol. The quantitative estimate of drug-likeness (QED) is 0.274. The van der Waals surface area contributed by atoms with Gasteiger partial charge >= 0.3 is 5.97 Å². The Morgan fingerprint density at radius 1 is 0.974 bits per heavy atom. The summed E-state index contributed by atoms with van der Waals surface area (Å²) < 4.78 is 6.60. The van der Waals surface area contributed by atoms with Crippen LogP contribution >= 0.6 is 23.2 Å². The highest BCUT2D eigenvalue weighted by molar-refractivity contribution is 6.39. The summed E-state index contributed by atoms with van der Waals surface area (Å²) in [7, 11) is 3.00. The molecule has 0 spiro atoms. The molecule has 0 unspecified atom stereocenters. The number of methoxy groups -OCH3 is 1. The molecule has 5 rings (SSSR count). The van der Waals surface area contributed by atoms with Crippen molar-refractivity contribution in [3.05, 3.63) is 111 Å². The van der Waals surface area contributed by atoms with E-state index in [9.17, 15) is 14.4 Å². The number of esters is 1. The Hall–Kier alpha value is -4.20. The Bertz CT molecular complexity index is 1800. The van der Waals surface area contributed by atoms with E-state index in [1.54, 1.807) is 42.1 Å². The second-order valence-corrected chi connectivity index (χ2v) is 9.82. The first-order valence-corrected chi connectivity index (χ1v) is 12.8. The second kappa shape index (κ2) is 10.9. The lowest BCUT2D eigenvalue weighted by atomic mass is 9.95. The minimum absolute atomic E-state index is 0.0696. The molecule has 5 aromatic rings. The van der Waals surface area contributed by atoms with Crippen molar-refractivity contribution in [1.29, 1.82) is 0 Å². The first kappa shape index (κ1) is 26.4. The topological polar surface area (TPSA) is 90.3 Å². The number of nitrogens with zero attached hydrogens (tertiary/aromatic N) is 2. The van der Waals surface area contributed by atoms with Crippen molar-refractivity contribution in [3.8, 4) is 11.1 Å². The van der Waals surface area contributed by atoms with Gasteiger partial charge in [0.15, 0.2) is 0 Å². The number of halogens is 2. The van der Waals surface area contributed by atoms with Gasteiger partial charge in [0.05, 0.1) is 33.8 Å². The monoisotopic (exact) mass is 559 g/mol. The van der Waals surface area contributed by atoms with Gasteiger partial charge in [0.2, 0.25) is 0 Å². The predicted molar refractivity (Wildman–Crippen MR) is 153 cm³/mol. The number of ether oxygens (including phenoxy) is 1. The van der Waals surface area contributed by atoms with Crippen molar-refractivity contribution in [2.45, 2.75) is 12.5 Å². The van der Waals surface area contributed by atoms with Gasteiger partial charge in [-0.1, -0.05) is 65.7 Å². The molecule has 0 radical (unpaired) electrons. The number of benzene rings is 3. The van der Waals surface area contributed by atoms with E-state index in [0.29, 0.717) is 16.6 Å². The van der Waals surface area contributed by atoms with Gasteiger partial charge in [-0.15, -0.1) is 0 Å². The summed E-state index contributed by atoms with van der Waals surface area (Å²) in [5, 5.41) is 4.70.